The Balaban J connectivity index is 1.71. The summed E-state index contributed by atoms with van der Waals surface area (Å²) < 4.78 is 95.0. The van der Waals surface area contributed by atoms with Crippen molar-refractivity contribution in [3.63, 3.8) is 0 Å². The Morgan fingerprint density at radius 2 is 1.47 bits per heavy atom. The fraction of sp³-hybridized carbons (Fsp3) is 0.478. The third-order valence-electron chi connectivity index (χ3n) is 6.82. The molecule has 2 saturated heterocycles. The fourth-order valence-corrected chi connectivity index (χ4v) is 7.51. The number of piperidine rings is 1. The molecule has 0 amide bonds. The number of aryl methyl sites for hydroxylation is 2. The molecular formula is C23H26F3NO5S2. The van der Waals surface area contributed by atoms with Crippen LogP contribution < -0.4 is 0 Å². The summed E-state index contributed by atoms with van der Waals surface area (Å²) in [5.41, 5.74) is -2.83. The normalized spacial score (nSPS) is 26.0. The van der Waals surface area contributed by atoms with Crippen LogP contribution in [-0.2, 0) is 24.3 Å². The molecule has 0 radical (unpaired) electrons. The van der Waals surface area contributed by atoms with Crippen molar-refractivity contribution in [2.24, 2.45) is 5.92 Å². The van der Waals surface area contributed by atoms with E-state index >= 15 is 0 Å². The van der Waals surface area contributed by atoms with E-state index < -0.39 is 44.2 Å². The van der Waals surface area contributed by atoms with Crippen LogP contribution in [0.3, 0.4) is 0 Å². The Morgan fingerprint density at radius 1 is 0.912 bits per heavy atom. The van der Waals surface area contributed by atoms with E-state index in [0.29, 0.717) is 19.3 Å². The fourth-order valence-electron chi connectivity index (χ4n) is 5.11. The molecule has 6 nitrogen and oxygen atoms in total. The standard InChI is InChI=1S/C23H26F3NO5S2/c1-15-3-7-17(8-4-15)20-13-18-9-12-22(21(20)14-32-34(30,31)23(24,25)26)27(18)33(28,29)19-10-5-16(2)6-11-19/h3-8,10-11,18,20-22H,9,12-14H2,1-2H3/t18-,20+,21-,22+/m0/s1. The first-order chi connectivity index (χ1) is 15.8. The van der Waals surface area contributed by atoms with Gasteiger partial charge in [-0.1, -0.05) is 47.5 Å². The largest absolute Gasteiger partial charge is 0.523 e. The second-order valence-corrected chi connectivity index (χ2v) is 12.5. The summed E-state index contributed by atoms with van der Waals surface area (Å²) >= 11 is 0. The SMILES string of the molecule is Cc1ccc([C@H]2C[C@@H]3CC[C@H]([C@H]2COS(=O)(=O)C(F)(F)F)N3S(=O)(=O)c2ccc(C)cc2)cc1. The molecule has 4 rings (SSSR count). The van der Waals surface area contributed by atoms with Gasteiger partial charge in [-0.15, -0.1) is 0 Å². The minimum absolute atomic E-state index is 0.103. The number of nitrogens with zero attached hydrogens (tertiary/aromatic N) is 1. The van der Waals surface area contributed by atoms with E-state index in [1.54, 1.807) is 12.1 Å². The molecule has 4 atom stereocenters. The maximum absolute atomic E-state index is 13.5. The summed E-state index contributed by atoms with van der Waals surface area (Å²) in [5.74, 6) is -1.11. The summed E-state index contributed by atoms with van der Waals surface area (Å²) in [6, 6.07) is 12.8. The van der Waals surface area contributed by atoms with Crippen LogP contribution in [-0.4, -0.2) is 45.3 Å². The lowest BCUT2D eigenvalue weighted by Gasteiger charge is -2.44. The highest BCUT2D eigenvalue weighted by atomic mass is 32.2. The van der Waals surface area contributed by atoms with Crippen molar-refractivity contribution in [2.45, 2.75) is 61.5 Å². The highest BCUT2D eigenvalue weighted by molar-refractivity contribution is 7.89. The molecule has 2 bridgehead atoms. The van der Waals surface area contributed by atoms with Gasteiger partial charge in [0.1, 0.15) is 0 Å². The van der Waals surface area contributed by atoms with Gasteiger partial charge in [-0.05, 0) is 56.7 Å². The van der Waals surface area contributed by atoms with E-state index in [9.17, 15) is 30.0 Å². The van der Waals surface area contributed by atoms with Gasteiger partial charge in [0.2, 0.25) is 10.0 Å². The van der Waals surface area contributed by atoms with Gasteiger partial charge in [0.15, 0.2) is 0 Å². The molecule has 186 valence electrons. The Hall–Kier alpha value is -1.95. The molecular weight excluding hydrogens is 491 g/mol. The number of alkyl halides is 3. The summed E-state index contributed by atoms with van der Waals surface area (Å²) in [4.78, 5) is 0.103. The van der Waals surface area contributed by atoms with Crippen LogP contribution in [0.15, 0.2) is 53.4 Å². The van der Waals surface area contributed by atoms with Crippen LogP contribution in [0, 0.1) is 19.8 Å². The Labute approximate surface area is 197 Å². The average molecular weight is 518 g/mol. The molecule has 0 spiro atoms. The number of fused-ring (bicyclic) bond motifs is 2. The summed E-state index contributed by atoms with van der Waals surface area (Å²) in [5, 5.41) is 0. The van der Waals surface area contributed by atoms with Crippen molar-refractivity contribution in [3.8, 4) is 0 Å². The molecule has 2 fully saturated rings. The Kier molecular flexibility index (Phi) is 6.60. The Bertz CT molecular complexity index is 1240. The first-order valence-electron chi connectivity index (χ1n) is 10.9. The third-order valence-corrected chi connectivity index (χ3v) is 9.83. The number of halogens is 3. The van der Waals surface area contributed by atoms with E-state index in [1.807, 2.05) is 38.1 Å². The summed E-state index contributed by atoms with van der Waals surface area (Å²) in [7, 11) is -9.74. The average Bonchev–Trinajstić information content (AvgIpc) is 3.09. The molecule has 34 heavy (non-hydrogen) atoms. The van der Waals surface area contributed by atoms with Gasteiger partial charge in [-0.2, -0.15) is 25.9 Å². The van der Waals surface area contributed by atoms with Gasteiger partial charge < -0.3 is 0 Å². The van der Waals surface area contributed by atoms with Gasteiger partial charge in [-0.25, -0.2) is 8.42 Å². The lowest BCUT2D eigenvalue weighted by molar-refractivity contribution is -0.0563. The monoisotopic (exact) mass is 517 g/mol. The van der Waals surface area contributed by atoms with Crippen LogP contribution in [0.2, 0.25) is 0 Å². The topological polar surface area (TPSA) is 80.8 Å². The van der Waals surface area contributed by atoms with Crippen LogP contribution in [0.4, 0.5) is 13.2 Å². The molecule has 2 aliphatic heterocycles. The van der Waals surface area contributed by atoms with Gasteiger partial charge in [-0.3, -0.25) is 4.18 Å². The van der Waals surface area contributed by atoms with Gasteiger partial charge in [0, 0.05) is 18.0 Å². The quantitative estimate of drug-likeness (QED) is 0.417. The lowest BCUT2D eigenvalue weighted by atomic mass is 9.77. The van der Waals surface area contributed by atoms with E-state index in [2.05, 4.69) is 4.18 Å². The number of benzene rings is 2. The lowest BCUT2D eigenvalue weighted by Crippen LogP contribution is -2.52. The number of hydrogen-bond acceptors (Lipinski definition) is 5. The first-order valence-corrected chi connectivity index (χ1v) is 13.8. The highest BCUT2D eigenvalue weighted by Gasteiger charge is 2.54. The zero-order chi connectivity index (χ0) is 24.9. The van der Waals surface area contributed by atoms with Crippen LogP contribution in [0.25, 0.3) is 0 Å². The smallest absolute Gasteiger partial charge is 0.263 e. The zero-order valence-electron chi connectivity index (χ0n) is 18.7. The third kappa shape index (κ3) is 4.62. The van der Waals surface area contributed by atoms with E-state index in [1.165, 1.54) is 16.4 Å². The minimum Gasteiger partial charge on any atom is -0.263 e. The molecule has 2 heterocycles. The summed E-state index contributed by atoms with van der Waals surface area (Å²) in [6.45, 7) is 2.99. The van der Waals surface area contributed by atoms with Crippen molar-refractivity contribution in [2.75, 3.05) is 6.61 Å². The molecule has 0 aromatic heterocycles. The predicted molar refractivity (Wildman–Crippen MR) is 120 cm³/mol. The van der Waals surface area contributed by atoms with Crippen molar-refractivity contribution in [3.05, 3.63) is 65.2 Å². The van der Waals surface area contributed by atoms with E-state index in [0.717, 1.165) is 16.7 Å². The van der Waals surface area contributed by atoms with Crippen LogP contribution >= 0.6 is 0 Å². The number of sulfonamides is 1. The maximum Gasteiger partial charge on any atom is 0.523 e. The maximum atomic E-state index is 13.5. The summed E-state index contributed by atoms with van der Waals surface area (Å²) in [6.07, 6.45) is 1.32. The Morgan fingerprint density at radius 3 is 2.03 bits per heavy atom. The van der Waals surface area contributed by atoms with E-state index in [4.69, 9.17) is 0 Å². The molecule has 0 unspecified atom stereocenters. The molecule has 2 aromatic rings. The van der Waals surface area contributed by atoms with Gasteiger partial charge >= 0.3 is 15.6 Å². The first kappa shape index (κ1) is 25.2. The zero-order valence-corrected chi connectivity index (χ0v) is 20.3. The van der Waals surface area contributed by atoms with Gasteiger partial charge in [0.25, 0.3) is 0 Å². The van der Waals surface area contributed by atoms with E-state index in [-0.39, 0.29) is 16.9 Å². The molecule has 0 aliphatic carbocycles. The van der Waals surface area contributed by atoms with Gasteiger partial charge in [0.05, 0.1) is 11.5 Å². The molecule has 0 saturated carbocycles. The molecule has 11 heteroatoms. The molecule has 2 aliphatic rings. The van der Waals surface area contributed by atoms with Crippen molar-refractivity contribution >= 4 is 20.1 Å². The predicted octanol–water partition coefficient (Wildman–Crippen LogP) is 4.50. The second kappa shape index (κ2) is 8.92. The minimum atomic E-state index is -5.81. The highest BCUT2D eigenvalue weighted by Crippen LogP contribution is 2.49. The van der Waals surface area contributed by atoms with Crippen molar-refractivity contribution in [1.29, 1.82) is 0 Å². The molecule has 0 N–H and O–H groups in total. The van der Waals surface area contributed by atoms with Crippen molar-refractivity contribution in [1.82, 2.24) is 4.31 Å². The second-order valence-electron chi connectivity index (χ2n) is 9.05. The van der Waals surface area contributed by atoms with Crippen LogP contribution in [0.5, 0.6) is 0 Å². The number of hydrogen-bond donors (Lipinski definition) is 0. The molecule has 2 aromatic carbocycles. The van der Waals surface area contributed by atoms with Crippen LogP contribution in [0.1, 0.15) is 41.9 Å². The van der Waals surface area contributed by atoms with Crippen molar-refractivity contribution < 1.29 is 34.2 Å². The number of rotatable bonds is 6.